The Labute approximate surface area is 168 Å². The van der Waals surface area contributed by atoms with Crippen molar-refractivity contribution in [1.29, 1.82) is 0 Å². The monoisotopic (exact) mass is 414 g/mol. The molecule has 7 nitrogen and oxygen atoms in total. The van der Waals surface area contributed by atoms with Gasteiger partial charge in [-0.25, -0.2) is 22.5 Å². The number of nitrogens with one attached hydrogen (secondary N) is 3. The molecule has 29 heavy (non-hydrogen) atoms. The van der Waals surface area contributed by atoms with Crippen molar-refractivity contribution in [1.82, 2.24) is 9.71 Å². The van der Waals surface area contributed by atoms with Gasteiger partial charge in [0.2, 0.25) is 10.0 Å². The molecule has 0 aliphatic heterocycles. The van der Waals surface area contributed by atoms with E-state index in [0.29, 0.717) is 23.6 Å². The van der Waals surface area contributed by atoms with E-state index in [4.69, 9.17) is 0 Å². The van der Waals surface area contributed by atoms with Crippen LogP contribution < -0.4 is 15.4 Å². The van der Waals surface area contributed by atoms with E-state index in [2.05, 4.69) is 20.3 Å². The molecule has 0 aliphatic carbocycles. The number of rotatable bonds is 7. The highest BCUT2D eigenvalue weighted by Gasteiger charge is 2.11. The maximum atomic E-state index is 12.9. The highest BCUT2D eigenvalue weighted by molar-refractivity contribution is 7.89. The summed E-state index contributed by atoms with van der Waals surface area (Å²) in [5.74, 6) is -0.184. The van der Waals surface area contributed by atoms with Gasteiger partial charge in [-0.05, 0) is 61.1 Å². The van der Waals surface area contributed by atoms with Crippen molar-refractivity contribution < 1.29 is 17.6 Å². The van der Waals surface area contributed by atoms with Gasteiger partial charge in [-0.2, -0.15) is 0 Å². The molecular formula is C20H19FN4O3S. The predicted molar refractivity (Wildman–Crippen MR) is 109 cm³/mol. The van der Waals surface area contributed by atoms with Crippen LogP contribution in [0.1, 0.15) is 15.9 Å². The summed E-state index contributed by atoms with van der Waals surface area (Å²) >= 11 is 0. The molecule has 3 aromatic rings. The second-order valence-corrected chi connectivity index (χ2v) is 7.98. The average Bonchev–Trinajstić information content (AvgIpc) is 2.74. The number of carbonyl (C=O) groups excluding carboxylic acids is 1. The lowest BCUT2D eigenvalue weighted by Crippen LogP contribution is -2.18. The molecule has 9 heteroatoms. The molecule has 0 radical (unpaired) electrons. The van der Waals surface area contributed by atoms with Crippen molar-refractivity contribution in [2.24, 2.45) is 0 Å². The predicted octanol–water partition coefficient (Wildman–Crippen LogP) is 2.99. The molecule has 2 aromatic carbocycles. The number of halogens is 1. The van der Waals surface area contributed by atoms with E-state index in [0.717, 1.165) is 5.56 Å². The summed E-state index contributed by atoms with van der Waals surface area (Å²) in [5, 5.41) is 5.85. The minimum Gasteiger partial charge on any atom is -0.366 e. The Morgan fingerprint density at radius 3 is 2.28 bits per heavy atom. The number of anilines is 2. The van der Waals surface area contributed by atoms with Crippen LogP contribution in [0.25, 0.3) is 0 Å². The van der Waals surface area contributed by atoms with Crippen LogP contribution in [0.3, 0.4) is 0 Å². The summed E-state index contributed by atoms with van der Waals surface area (Å²) in [4.78, 5) is 16.3. The lowest BCUT2D eigenvalue weighted by molar-refractivity contribution is 0.102. The van der Waals surface area contributed by atoms with Crippen LogP contribution in [-0.2, 0) is 16.6 Å². The smallest absolute Gasteiger partial charge is 0.255 e. The number of hydrogen-bond donors (Lipinski definition) is 3. The molecule has 3 N–H and O–H groups in total. The van der Waals surface area contributed by atoms with Crippen LogP contribution in [-0.4, -0.2) is 26.4 Å². The van der Waals surface area contributed by atoms with Crippen molar-refractivity contribution >= 4 is 27.4 Å². The Hall–Kier alpha value is -3.30. The Balaban J connectivity index is 1.56. The number of sulfonamides is 1. The molecule has 0 bridgehead atoms. The number of hydrogen-bond acceptors (Lipinski definition) is 5. The van der Waals surface area contributed by atoms with Crippen LogP contribution in [0.4, 0.5) is 15.9 Å². The van der Waals surface area contributed by atoms with Crippen molar-refractivity contribution in [3.8, 4) is 0 Å². The summed E-state index contributed by atoms with van der Waals surface area (Å²) in [6.45, 7) is 0.470. The third-order valence-electron chi connectivity index (χ3n) is 4.11. The largest absolute Gasteiger partial charge is 0.366 e. The normalized spacial score (nSPS) is 11.1. The van der Waals surface area contributed by atoms with Crippen LogP contribution >= 0.6 is 0 Å². The Morgan fingerprint density at radius 1 is 1.00 bits per heavy atom. The number of nitrogens with zero attached hydrogens (tertiary/aromatic N) is 1. The van der Waals surface area contributed by atoms with Crippen molar-refractivity contribution in [3.63, 3.8) is 0 Å². The topological polar surface area (TPSA) is 100 Å². The third-order valence-corrected chi connectivity index (χ3v) is 5.51. The van der Waals surface area contributed by atoms with Gasteiger partial charge >= 0.3 is 0 Å². The average molecular weight is 414 g/mol. The SMILES string of the molecule is CNS(=O)(=O)c1ccc(NCc2ccc(NC(=O)c3ccc(F)cc3)cc2)nc1. The van der Waals surface area contributed by atoms with E-state index in [1.54, 1.807) is 18.2 Å². The van der Waals surface area contributed by atoms with E-state index in [9.17, 15) is 17.6 Å². The van der Waals surface area contributed by atoms with Crippen LogP contribution in [0.5, 0.6) is 0 Å². The standard InChI is InChI=1S/C20H19FN4O3S/c1-22-29(27,28)18-10-11-19(24-13-18)23-12-14-2-8-17(9-3-14)25-20(26)15-4-6-16(21)7-5-15/h2-11,13,22H,12H2,1H3,(H,23,24)(H,25,26). The van der Waals surface area contributed by atoms with Crippen LogP contribution in [0, 0.1) is 5.82 Å². The highest BCUT2D eigenvalue weighted by Crippen LogP contribution is 2.14. The molecule has 1 amide bonds. The molecule has 0 saturated carbocycles. The number of aromatic nitrogens is 1. The maximum absolute atomic E-state index is 12.9. The minimum absolute atomic E-state index is 0.0896. The zero-order chi connectivity index (χ0) is 20.9. The van der Waals surface area contributed by atoms with Gasteiger partial charge in [-0.15, -0.1) is 0 Å². The fourth-order valence-corrected chi connectivity index (χ4v) is 3.14. The van der Waals surface area contributed by atoms with E-state index >= 15 is 0 Å². The Morgan fingerprint density at radius 2 is 1.69 bits per heavy atom. The Kier molecular flexibility index (Phi) is 6.20. The fourth-order valence-electron chi connectivity index (χ4n) is 2.46. The second kappa shape index (κ2) is 8.80. The lowest BCUT2D eigenvalue weighted by atomic mass is 10.1. The van der Waals surface area contributed by atoms with Gasteiger partial charge in [-0.3, -0.25) is 4.79 Å². The number of amides is 1. The molecular weight excluding hydrogens is 395 g/mol. The van der Waals surface area contributed by atoms with E-state index < -0.39 is 15.8 Å². The molecule has 0 aliphatic rings. The molecule has 150 valence electrons. The van der Waals surface area contributed by atoms with Crippen molar-refractivity contribution in [2.75, 3.05) is 17.7 Å². The number of benzene rings is 2. The Bertz CT molecular complexity index is 1080. The van der Waals surface area contributed by atoms with Crippen molar-refractivity contribution in [3.05, 3.63) is 83.8 Å². The zero-order valence-corrected chi connectivity index (χ0v) is 16.3. The first-order chi connectivity index (χ1) is 13.9. The molecule has 1 aromatic heterocycles. The summed E-state index contributed by atoms with van der Waals surface area (Å²) in [6, 6.07) is 15.6. The molecule has 0 fully saturated rings. The highest BCUT2D eigenvalue weighted by atomic mass is 32.2. The molecule has 3 rings (SSSR count). The van der Waals surface area contributed by atoms with E-state index in [1.807, 2.05) is 12.1 Å². The summed E-state index contributed by atoms with van der Waals surface area (Å²) in [7, 11) is -2.17. The fraction of sp³-hybridized carbons (Fsp3) is 0.100. The molecule has 0 unspecified atom stereocenters. The van der Waals surface area contributed by atoms with Gasteiger partial charge < -0.3 is 10.6 Å². The maximum Gasteiger partial charge on any atom is 0.255 e. The zero-order valence-electron chi connectivity index (χ0n) is 15.5. The first-order valence-electron chi connectivity index (χ1n) is 8.67. The van der Waals surface area contributed by atoms with Gasteiger partial charge in [-0.1, -0.05) is 12.1 Å². The van der Waals surface area contributed by atoms with E-state index in [-0.39, 0.29) is 10.8 Å². The van der Waals surface area contributed by atoms with Gasteiger partial charge in [0.1, 0.15) is 16.5 Å². The quantitative estimate of drug-likeness (QED) is 0.552. The summed E-state index contributed by atoms with van der Waals surface area (Å²) < 4.78 is 38.5. The summed E-state index contributed by atoms with van der Waals surface area (Å²) in [6.07, 6.45) is 1.28. The number of pyridine rings is 1. The molecule has 0 spiro atoms. The first kappa shape index (κ1) is 20.4. The molecule has 0 atom stereocenters. The van der Waals surface area contributed by atoms with Gasteiger partial charge in [0, 0.05) is 24.0 Å². The third kappa shape index (κ3) is 5.37. The first-order valence-corrected chi connectivity index (χ1v) is 10.1. The van der Waals surface area contributed by atoms with Crippen molar-refractivity contribution in [2.45, 2.75) is 11.4 Å². The lowest BCUT2D eigenvalue weighted by Gasteiger charge is -2.09. The number of carbonyl (C=O) groups is 1. The van der Waals surface area contributed by atoms with Gasteiger partial charge in [0.15, 0.2) is 0 Å². The van der Waals surface area contributed by atoms with Gasteiger partial charge in [0.05, 0.1) is 0 Å². The minimum atomic E-state index is -3.51. The van der Waals surface area contributed by atoms with E-state index in [1.165, 1.54) is 43.6 Å². The molecule has 1 heterocycles. The summed E-state index contributed by atoms with van der Waals surface area (Å²) in [5.41, 5.74) is 1.92. The second-order valence-electron chi connectivity index (χ2n) is 6.10. The van der Waals surface area contributed by atoms with Gasteiger partial charge in [0.25, 0.3) is 5.91 Å². The molecule has 0 saturated heterocycles. The van der Waals surface area contributed by atoms with Crippen LogP contribution in [0.15, 0.2) is 71.8 Å². The van der Waals surface area contributed by atoms with Crippen LogP contribution in [0.2, 0.25) is 0 Å².